The molecule has 2 rings (SSSR count). The van der Waals surface area contributed by atoms with Crippen LogP contribution in [0.5, 0.6) is 5.75 Å². The topological polar surface area (TPSA) is 83.1 Å². The summed E-state index contributed by atoms with van der Waals surface area (Å²) in [6.07, 6.45) is 1.27. The molecular formula is C10H8Cl2N4O3. The van der Waals surface area contributed by atoms with Crippen LogP contribution in [-0.2, 0) is 6.54 Å². The second kappa shape index (κ2) is 5.85. The molecule has 9 heteroatoms. The number of rotatable bonds is 5. The van der Waals surface area contributed by atoms with Crippen molar-refractivity contribution in [1.82, 2.24) is 14.8 Å². The molecule has 0 fully saturated rings. The minimum atomic E-state index is -0.659. The van der Waals surface area contributed by atoms with Crippen LogP contribution in [0.4, 0.5) is 5.95 Å². The third-order valence-corrected chi connectivity index (χ3v) is 2.55. The fraction of sp³-hybridized carbons (Fsp3) is 0.200. The standard InChI is InChI=1S/C10H8Cl2N4O3/c11-7-3-8(12)5-9(4-7)19-2-1-15-6-13-10(14-15)16(17)18/h3-6H,1-2H2. The number of aromatic nitrogens is 3. The van der Waals surface area contributed by atoms with Gasteiger partial charge in [0.05, 0.1) is 6.54 Å². The molecule has 0 spiro atoms. The van der Waals surface area contributed by atoms with E-state index < -0.39 is 10.9 Å². The van der Waals surface area contributed by atoms with Gasteiger partial charge < -0.3 is 14.9 Å². The lowest BCUT2D eigenvalue weighted by Gasteiger charge is -2.05. The van der Waals surface area contributed by atoms with Crippen molar-refractivity contribution in [3.8, 4) is 5.75 Å². The summed E-state index contributed by atoms with van der Waals surface area (Å²) < 4.78 is 6.74. The monoisotopic (exact) mass is 302 g/mol. The Bertz CT molecular complexity index is 582. The Morgan fingerprint density at radius 1 is 1.32 bits per heavy atom. The third-order valence-electron chi connectivity index (χ3n) is 2.11. The number of hydrogen-bond donors (Lipinski definition) is 0. The zero-order valence-electron chi connectivity index (χ0n) is 9.49. The van der Waals surface area contributed by atoms with Crippen molar-refractivity contribution in [1.29, 1.82) is 0 Å². The first-order valence-corrected chi connectivity index (χ1v) is 5.93. The molecule has 0 saturated carbocycles. The van der Waals surface area contributed by atoms with Crippen molar-refractivity contribution in [2.45, 2.75) is 6.54 Å². The number of ether oxygens (including phenoxy) is 1. The maximum Gasteiger partial charge on any atom is 0.490 e. The van der Waals surface area contributed by atoms with Gasteiger partial charge in [0.25, 0.3) is 0 Å². The van der Waals surface area contributed by atoms with E-state index in [1.165, 1.54) is 11.0 Å². The van der Waals surface area contributed by atoms with Gasteiger partial charge in [-0.2, -0.15) is 4.68 Å². The van der Waals surface area contributed by atoms with Crippen LogP contribution in [0.1, 0.15) is 0 Å². The quantitative estimate of drug-likeness (QED) is 0.626. The summed E-state index contributed by atoms with van der Waals surface area (Å²) in [5.74, 6) is 0.0814. The van der Waals surface area contributed by atoms with E-state index in [1.807, 2.05) is 0 Å². The van der Waals surface area contributed by atoms with Gasteiger partial charge in [0.1, 0.15) is 12.4 Å². The van der Waals surface area contributed by atoms with Gasteiger partial charge in [-0.1, -0.05) is 28.2 Å². The number of benzene rings is 1. The van der Waals surface area contributed by atoms with Gasteiger partial charge in [0.15, 0.2) is 0 Å². The first-order chi connectivity index (χ1) is 9.04. The Hall–Kier alpha value is -1.86. The first-order valence-electron chi connectivity index (χ1n) is 5.17. The van der Waals surface area contributed by atoms with Gasteiger partial charge in [-0.25, -0.2) is 0 Å². The highest BCUT2D eigenvalue weighted by Gasteiger charge is 2.12. The second-order valence-electron chi connectivity index (χ2n) is 3.52. The molecule has 0 saturated heterocycles. The van der Waals surface area contributed by atoms with Gasteiger partial charge >= 0.3 is 5.95 Å². The van der Waals surface area contributed by atoms with Gasteiger partial charge in [0.2, 0.25) is 6.33 Å². The third kappa shape index (κ3) is 3.80. The van der Waals surface area contributed by atoms with E-state index in [0.717, 1.165) is 0 Å². The van der Waals surface area contributed by atoms with Crippen molar-refractivity contribution in [3.05, 3.63) is 44.7 Å². The van der Waals surface area contributed by atoms with Crippen molar-refractivity contribution >= 4 is 29.2 Å². The van der Waals surface area contributed by atoms with E-state index >= 15 is 0 Å². The molecule has 0 unspecified atom stereocenters. The summed E-state index contributed by atoms with van der Waals surface area (Å²) in [6.45, 7) is 0.585. The SMILES string of the molecule is O=[N+]([O-])c1ncn(CCOc2cc(Cl)cc(Cl)c2)n1. The fourth-order valence-electron chi connectivity index (χ4n) is 1.35. The minimum absolute atomic E-state index is 0.261. The van der Waals surface area contributed by atoms with E-state index in [4.69, 9.17) is 27.9 Å². The lowest BCUT2D eigenvalue weighted by molar-refractivity contribution is -0.394. The van der Waals surface area contributed by atoms with E-state index in [0.29, 0.717) is 22.3 Å². The molecule has 0 bridgehead atoms. The highest BCUT2D eigenvalue weighted by Crippen LogP contribution is 2.24. The summed E-state index contributed by atoms with van der Waals surface area (Å²) in [4.78, 5) is 13.3. The molecule has 7 nitrogen and oxygen atoms in total. The molecule has 19 heavy (non-hydrogen) atoms. The van der Waals surface area contributed by atoms with E-state index in [-0.39, 0.29) is 6.61 Å². The average molecular weight is 303 g/mol. The van der Waals surface area contributed by atoms with Crippen LogP contribution in [-0.4, -0.2) is 26.3 Å². The molecule has 0 amide bonds. The number of halogens is 2. The maximum atomic E-state index is 10.4. The predicted molar refractivity (Wildman–Crippen MR) is 68.6 cm³/mol. The lowest BCUT2D eigenvalue weighted by atomic mass is 10.3. The van der Waals surface area contributed by atoms with Crippen molar-refractivity contribution in [2.24, 2.45) is 0 Å². The second-order valence-corrected chi connectivity index (χ2v) is 4.39. The molecule has 1 aromatic heterocycles. The molecule has 0 N–H and O–H groups in total. The normalized spacial score (nSPS) is 10.4. The Labute approximate surface area is 117 Å². The van der Waals surface area contributed by atoms with Crippen LogP contribution >= 0.6 is 23.2 Å². The Kier molecular flexibility index (Phi) is 4.18. The van der Waals surface area contributed by atoms with Crippen LogP contribution in [0.15, 0.2) is 24.5 Å². The van der Waals surface area contributed by atoms with Gasteiger partial charge in [-0.3, -0.25) is 0 Å². The molecule has 2 aromatic rings. The molecule has 0 aliphatic heterocycles. The largest absolute Gasteiger partial charge is 0.492 e. The molecule has 1 aromatic carbocycles. The van der Waals surface area contributed by atoms with Crippen LogP contribution in [0, 0.1) is 10.1 Å². The van der Waals surface area contributed by atoms with Gasteiger partial charge in [0, 0.05) is 15.1 Å². The summed E-state index contributed by atoms with van der Waals surface area (Å²) in [6, 6.07) is 4.84. The summed E-state index contributed by atoms with van der Waals surface area (Å²) in [7, 11) is 0. The highest BCUT2D eigenvalue weighted by molar-refractivity contribution is 6.34. The van der Waals surface area contributed by atoms with Crippen LogP contribution in [0.25, 0.3) is 0 Å². The van der Waals surface area contributed by atoms with Crippen molar-refractivity contribution in [2.75, 3.05) is 6.61 Å². The van der Waals surface area contributed by atoms with Gasteiger partial charge in [-0.05, 0) is 23.1 Å². The molecule has 1 heterocycles. The minimum Gasteiger partial charge on any atom is -0.492 e. The molecule has 100 valence electrons. The first kappa shape index (κ1) is 13.6. The zero-order chi connectivity index (χ0) is 13.8. The highest BCUT2D eigenvalue weighted by atomic mass is 35.5. The van der Waals surface area contributed by atoms with Crippen LogP contribution in [0.3, 0.4) is 0 Å². The Morgan fingerprint density at radius 2 is 2.00 bits per heavy atom. The zero-order valence-corrected chi connectivity index (χ0v) is 11.0. The summed E-state index contributed by atoms with van der Waals surface area (Å²) >= 11 is 11.6. The van der Waals surface area contributed by atoms with Crippen molar-refractivity contribution < 1.29 is 9.66 Å². The lowest BCUT2D eigenvalue weighted by Crippen LogP contribution is -2.09. The number of nitro groups is 1. The Morgan fingerprint density at radius 3 is 2.58 bits per heavy atom. The van der Waals surface area contributed by atoms with E-state index in [2.05, 4.69) is 10.1 Å². The van der Waals surface area contributed by atoms with Gasteiger partial charge in [-0.15, -0.1) is 0 Å². The number of nitrogens with zero attached hydrogens (tertiary/aromatic N) is 4. The summed E-state index contributed by atoms with van der Waals surface area (Å²) in [5.41, 5.74) is 0. The molecular weight excluding hydrogens is 295 g/mol. The van der Waals surface area contributed by atoms with Crippen LogP contribution in [0.2, 0.25) is 10.0 Å². The molecule has 0 radical (unpaired) electrons. The average Bonchev–Trinajstić information content (AvgIpc) is 2.76. The molecule has 0 atom stereocenters. The smallest absolute Gasteiger partial charge is 0.490 e. The predicted octanol–water partition coefficient (Wildman–Crippen LogP) is 2.57. The Balaban J connectivity index is 1.90. The maximum absolute atomic E-state index is 10.4. The molecule has 0 aliphatic rings. The van der Waals surface area contributed by atoms with Crippen LogP contribution < -0.4 is 4.74 Å². The van der Waals surface area contributed by atoms with Crippen molar-refractivity contribution in [3.63, 3.8) is 0 Å². The number of hydrogen-bond acceptors (Lipinski definition) is 5. The fourth-order valence-corrected chi connectivity index (χ4v) is 1.85. The summed E-state index contributed by atoms with van der Waals surface area (Å²) in [5, 5.41) is 15.0. The van der Waals surface area contributed by atoms with E-state index in [1.54, 1.807) is 18.2 Å². The molecule has 0 aliphatic carbocycles. The van der Waals surface area contributed by atoms with E-state index in [9.17, 15) is 10.1 Å².